The maximum absolute atomic E-state index is 14.1. The number of aliphatic hydroxyl groups is 1. The van der Waals surface area contributed by atoms with Crippen LogP contribution in [0.3, 0.4) is 0 Å². The van der Waals surface area contributed by atoms with Crippen molar-refractivity contribution in [1.29, 1.82) is 0 Å². The summed E-state index contributed by atoms with van der Waals surface area (Å²) in [5, 5.41) is 18.8. The second-order valence-corrected chi connectivity index (χ2v) is 10.9. The summed E-state index contributed by atoms with van der Waals surface area (Å²) in [5.41, 5.74) is 5.46. The van der Waals surface area contributed by atoms with E-state index in [4.69, 9.17) is 0 Å². The first-order chi connectivity index (χ1) is 20.8. The zero-order valence-electron chi connectivity index (χ0n) is 24.3. The van der Waals surface area contributed by atoms with Gasteiger partial charge >= 0.3 is 0 Å². The molecule has 5 aromatic rings. The standard InChI is InChI=1S/C20H23N.C13H12F2N6O/c1-21(2)15-7-12-20-18-10-5-3-8-16(18)13-14-17-9-4-6-11-19(17)20;14-10-1-2-11(12(15)3-10)13(22,4-20-8-16-6-18-20)5-21-9-17-7-19-21/h3-6,8-12H,7,13-15H2,1-2H3;1-3,6-9,22H,4-5H2. The van der Waals surface area contributed by atoms with Crippen LogP contribution in [0.1, 0.15) is 34.2 Å². The molecule has 8 nitrogen and oxygen atoms in total. The zero-order chi connectivity index (χ0) is 30.2. The summed E-state index contributed by atoms with van der Waals surface area (Å²) < 4.78 is 29.9. The van der Waals surface area contributed by atoms with Crippen molar-refractivity contribution in [2.75, 3.05) is 20.6 Å². The van der Waals surface area contributed by atoms with Gasteiger partial charge in [0.1, 0.15) is 42.5 Å². The molecule has 0 radical (unpaired) electrons. The normalized spacial score (nSPS) is 12.7. The number of halogens is 2. The maximum atomic E-state index is 14.1. The van der Waals surface area contributed by atoms with Crippen LogP contribution in [0.5, 0.6) is 0 Å². The van der Waals surface area contributed by atoms with Gasteiger partial charge in [-0.2, -0.15) is 10.2 Å². The Morgan fingerprint density at radius 1 is 0.837 bits per heavy atom. The van der Waals surface area contributed by atoms with Gasteiger partial charge in [-0.25, -0.2) is 28.1 Å². The monoisotopic (exact) mass is 583 g/mol. The first-order valence-corrected chi connectivity index (χ1v) is 14.2. The number of aryl methyl sites for hydroxylation is 2. The lowest BCUT2D eigenvalue weighted by atomic mass is 9.93. The van der Waals surface area contributed by atoms with E-state index in [-0.39, 0.29) is 18.7 Å². The van der Waals surface area contributed by atoms with E-state index in [1.165, 1.54) is 68.6 Å². The molecule has 0 saturated carbocycles. The number of rotatable bonds is 8. The molecule has 1 aliphatic carbocycles. The molecule has 0 bridgehead atoms. The van der Waals surface area contributed by atoms with Gasteiger partial charge in [-0.1, -0.05) is 60.7 Å². The van der Waals surface area contributed by atoms with Crippen molar-refractivity contribution in [2.45, 2.75) is 38.0 Å². The Hall–Kier alpha value is -4.54. The molecule has 1 aliphatic rings. The zero-order valence-corrected chi connectivity index (χ0v) is 24.3. The lowest BCUT2D eigenvalue weighted by Crippen LogP contribution is -2.37. The third-order valence-corrected chi connectivity index (χ3v) is 7.42. The van der Waals surface area contributed by atoms with Gasteiger partial charge in [-0.15, -0.1) is 0 Å². The molecule has 0 aliphatic heterocycles. The van der Waals surface area contributed by atoms with E-state index in [0.29, 0.717) is 0 Å². The third kappa shape index (κ3) is 7.46. The quantitative estimate of drug-likeness (QED) is 0.280. The Bertz CT molecular complexity index is 1560. The van der Waals surface area contributed by atoms with Crippen LogP contribution in [0.25, 0.3) is 5.57 Å². The van der Waals surface area contributed by atoms with E-state index in [0.717, 1.165) is 37.9 Å². The third-order valence-electron chi connectivity index (χ3n) is 7.42. The molecule has 2 aromatic heterocycles. The molecule has 0 fully saturated rings. The van der Waals surface area contributed by atoms with Crippen LogP contribution in [0.15, 0.2) is 98.1 Å². The second kappa shape index (κ2) is 13.6. The second-order valence-electron chi connectivity index (χ2n) is 10.9. The van der Waals surface area contributed by atoms with Gasteiger partial charge in [0.15, 0.2) is 0 Å². The van der Waals surface area contributed by atoms with E-state index in [1.54, 1.807) is 0 Å². The minimum atomic E-state index is -1.70. The molecule has 2 heterocycles. The van der Waals surface area contributed by atoms with Gasteiger partial charge in [-0.05, 0) is 67.3 Å². The molecule has 1 N–H and O–H groups in total. The van der Waals surface area contributed by atoms with Gasteiger partial charge < -0.3 is 10.0 Å². The van der Waals surface area contributed by atoms with E-state index >= 15 is 0 Å². The summed E-state index contributed by atoms with van der Waals surface area (Å²) in [6, 6.07) is 20.8. The van der Waals surface area contributed by atoms with Crippen LogP contribution in [0, 0.1) is 11.6 Å². The Kier molecular flexibility index (Phi) is 9.48. The predicted octanol–water partition coefficient (Wildman–Crippen LogP) is 4.90. The Labute approximate surface area is 250 Å². The van der Waals surface area contributed by atoms with E-state index < -0.39 is 17.2 Å². The highest BCUT2D eigenvalue weighted by atomic mass is 19.1. The average Bonchev–Trinajstić information content (AvgIpc) is 3.67. The van der Waals surface area contributed by atoms with E-state index in [1.807, 2.05) is 0 Å². The summed E-state index contributed by atoms with van der Waals surface area (Å²) in [5.74, 6) is -1.56. The molecule has 10 heteroatoms. The van der Waals surface area contributed by atoms with Crippen LogP contribution in [0.4, 0.5) is 8.78 Å². The Morgan fingerprint density at radius 2 is 1.40 bits per heavy atom. The predicted molar refractivity (Wildman–Crippen MR) is 161 cm³/mol. The van der Waals surface area contributed by atoms with E-state index in [9.17, 15) is 13.9 Å². The number of nitrogens with zero attached hydrogens (tertiary/aromatic N) is 7. The highest BCUT2D eigenvalue weighted by Crippen LogP contribution is 2.33. The fourth-order valence-electron chi connectivity index (χ4n) is 5.36. The first-order valence-electron chi connectivity index (χ1n) is 14.2. The fraction of sp³-hybridized carbons (Fsp3) is 0.273. The number of benzene rings is 3. The van der Waals surface area contributed by atoms with Crippen molar-refractivity contribution >= 4 is 5.57 Å². The van der Waals surface area contributed by atoms with Crippen LogP contribution in [-0.2, 0) is 31.5 Å². The van der Waals surface area contributed by atoms with Crippen molar-refractivity contribution in [3.8, 4) is 0 Å². The van der Waals surface area contributed by atoms with Gasteiger partial charge in [-0.3, -0.25) is 0 Å². The van der Waals surface area contributed by atoms with Crippen molar-refractivity contribution < 1.29 is 13.9 Å². The number of hydrogen-bond acceptors (Lipinski definition) is 6. The number of fused-ring (bicyclic) bond motifs is 2. The largest absolute Gasteiger partial charge is 0.381 e. The molecule has 43 heavy (non-hydrogen) atoms. The van der Waals surface area contributed by atoms with Gasteiger partial charge in [0.05, 0.1) is 13.1 Å². The minimum absolute atomic E-state index is 0.0556. The number of aromatic nitrogens is 6. The fourth-order valence-corrected chi connectivity index (χ4v) is 5.36. The van der Waals surface area contributed by atoms with Crippen molar-refractivity contribution in [1.82, 2.24) is 34.4 Å². The molecule has 0 spiro atoms. The summed E-state index contributed by atoms with van der Waals surface area (Å²) >= 11 is 0. The van der Waals surface area contributed by atoms with Crippen LogP contribution in [-0.4, -0.2) is 60.2 Å². The summed E-state index contributed by atoms with van der Waals surface area (Å²) in [6.45, 7) is 0.943. The Balaban J connectivity index is 0.000000171. The molecular weight excluding hydrogens is 548 g/mol. The molecule has 0 unspecified atom stereocenters. The molecule has 6 rings (SSSR count). The highest BCUT2D eigenvalue weighted by molar-refractivity contribution is 5.83. The van der Waals surface area contributed by atoms with Crippen LogP contribution >= 0.6 is 0 Å². The lowest BCUT2D eigenvalue weighted by Gasteiger charge is -2.28. The molecule has 0 saturated heterocycles. The van der Waals surface area contributed by atoms with Crippen molar-refractivity contribution in [3.63, 3.8) is 0 Å². The van der Waals surface area contributed by atoms with Crippen molar-refractivity contribution in [2.24, 2.45) is 0 Å². The molecule has 3 aromatic carbocycles. The molecular formula is C33H35F2N7O. The highest BCUT2D eigenvalue weighted by Gasteiger charge is 2.34. The average molecular weight is 584 g/mol. The summed E-state index contributed by atoms with van der Waals surface area (Å²) in [4.78, 5) is 9.81. The summed E-state index contributed by atoms with van der Waals surface area (Å²) in [6.07, 6.45) is 11.2. The molecule has 222 valence electrons. The lowest BCUT2D eigenvalue weighted by molar-refractivity contribution is -0.00856. The maximum Gasteiger partial charge on any atom is 0.137 e. The summed E-state index contributed by atoms with van der Waals surface area (Å²) in [7, 11) is 4.26. The van der Waals surface area contributed by atoms with Gasteiger partial charge in [0.25, 0.3) is 0 Å². The van der Waals surface area contributed by atoms with Crippen LogP contribution < -0.4 is 0 Å². The smallest absolute Gasteiger partial charge is 0.137 e. The van der Waals surface area contributed by atoms with Gasteiger partial charge in [0, 0.05) is 18.2 Å². The minimum Gasteiger partial charge on any atom is -0.381 e. The van der Waals surface area contributed by atoms with Gasteiger partial charge in [0.2, 0.25) is 0 Å². The Morgan fingerprint density at radius 3 is 1.88 bits per heavy atom. The van der Waals surface area contributed by atoms with Crippen molar-refractivity contribution in [3.05, 3.63) is 138 Å². The first kappa shape index (κ1) is 29.9. The number of hydrogen-bond donors (Lipinski definition) is 1. The van der Waals surface area contributed by atoms with Crippen LogP contribution in [0.2, 0.25) is 0 Å². The molecule has 0 amide bonds. The SMILES string of the molecule is CN(C)CCC=C1c2ccccc2CCc2ccccc21.OC(Cn1cncn1)(Cn1cncn1)c1ccc(F)cc1F. The topological polar surface area (TPSA) is 84.9 Å². The molecule has 0 atom stereocenters. The van der Waals surface area contributed by atoms with E-state index in [2.05, 4.69) is 93.8 Å².